The SMILES string of the molecule is CSC1CCCC1NC(=O)Nc1ccc(C)cc1C(=O)O. The van der Waals surface area contributed by atoms with Gasteiger partial charge in [0.1, 0.15) is 0 Å². The molecule has 1 aliphatic rings. The maximum Gasteiger partial charge on any atom is 0.337 e. The van der Waals surface area contributed by atoms with Crippen molar-refractivity contribution in [1.82, 2.24) is 5.32 Å². The van der Waals surface area contributed by atoms with Crippen molar-refractivity contribution in [1.29, 1.82) is 0 Å². The van der Waals surface area contributed by atoms with Gasteiger partial charge in [0.25, 0.3) is 0 Å². The van der Waals surface area contributed by atoms with E-state index in [1.807, 2.05) is 13.2 Å². The van der Waals surface area contributed by atoms with Crippen molar-refractivity contribution in [3.05, 3.63) is 29.3 Å². The first-order valence-electron chi connectivity index (χ1n) is 6.95. The number of hydrogen-bond acceptors (Lipinski definition) is 3. The zero-order valence-electron chi connectivity index (χ0n) is 12.2. The number of benzene rings is 1. The van der Waals surface area contributed by atoms with E-state index in [-0.39, 0.29) is 17.6 Å². The predicted molar refractivity (Wildman–Crippen MR) is 85.2 cm³/mol. The van der Waals surface area contributed by atoms with Gasteiger partial charge in [0.15, 0.2) is 0 Å². The lowest BCUT2D eigenvalue weighted by atomic mass is 10.1. The number of carbonyl (C=O) groups is 2. The Morgan fingerprint density at radius 3 is 2.76 bits per heavy atom. The van der Waals surface area contributed by atoms with Crippen molar-refractivity contribution in [3.8, 4) is 0 Å². The molecule has 0 aliphatic heterocycles. The summed E-state index contributed by atoms with van der Waals surface area (Å²) < 4.78 is 0. The Balaban J connectivity index is 2.04. The first kappa shape index (κ1) is 15.7. The van der Waals surface area contributed by atoms with E-state index < -0.39 is 5.97 Å². The Hall–Kier alpha value is -1.69. The van der Waals surface area contributed by atoms with Gasteiger partial charge < -0.3 is 15.7 Å². The Bertz CT molecular complexity index is 548. The number of carboxylic acid groups (broad SMARTS) is 1. The fourth-order valence-corrected chi connectivity index (χ4v) is 3.58. The minimum absolute atomic E-state index is 0.109. The van der Waals surface area contributed by atoms with Crippen molar-refractivity contribution in [3.63, 3.8) is 0 Å². The summed E-state index contributed by atoms with van der Waals surface area (Å²) in [6, 6.07) is 4.77. The number of carbonyl (C=O) groups excluding carboxylic acids is 1. The zero-order valence-corrected chi connectivity index (χ0v) is 13.0. The first-order chi connectivity index (χ1) is 10.0. The average molecular weight is 308 g/mol. The number of thioether (sulfide) groups is 1. The molecule has 0 aromatic heterocycles. The summed E-state index contributed by atoms with van der Waals surface area (Å²) in [4.78, 5) is 23.3. The Kier molecular flexibility index (Phi) is 5.12. The first-order valence-corrected chi connectivity index (χ1v) is 8.24. The lowest BCUT2D eigenvalue weighted by Crippen LogP contribution is -2.41. The van der Waals surface area contributed by atoms with Crippen LogP contribution in [0.2, 0.25) is 0 Å². The molecule has 0 saturated heterocycles. The van der Waals surface area contributed by atoms with Gasteiger partial charge in [-0.05, 0) is 38.2 Å². The van der Waals surface area contributed by atoms with Crippen LogP contribution in [0.1, 0.15) is 35.2 Å². The summed E-state index contributed by atoms with van der Waals surface area (Å²) in [5.74, 6) is -1.04. The molecule has 2 rings (SSSR count). The number of nitrogens with one attached hydrogen (secondary N) is 2. The summed E-state index contributed by atoms with van der Waals surface area (Å²) >= 11 is 1.76. The monoisotopic (exact) mass is 308 g/mol. The molecule has 114 valence electrons. The van der Waals surface area contributed by atoms with Crippen LogP contribution in [0.15, 0.2) is 18.2 Å². The highest BCUT2D eigenvalue weighted by molar-refractivity contribution is 7.99. The Morgan fingerprint density at radius 2 is 2.10 bits per heavy atom. The van der Waals surface area contributed by atoms with E-state index in [4.69, 9.17) is 0 Å². The lowest BCUT2D eigenvalue weighted by Gasteiger charge is -2.20. The molecule has 2 atom stereocenters. The molecule has 3 N–H and O–H groups in total. The zero-order chi connectivity index (χ0) is 15.4. The van der Waals surface area contributed by atoms with E-state index in [1.165, 1.54) is 0 Å². The van der Waals surface area contributed by atoms with Gasteiger partial charge in [-0.15, -0.1) is 0 Å². The molecular weight excluding hydrogens is 288 g/mol. The topological polar surface area (TPSA) is 78.4 Å². The summed E-state index contributed by atoms with van der Waals surface area (Å²) in [5, 5.41) is 15.2. The van der Waals surface area contributed by atoms with Gasteiger partial charge in [-0.1, -0.05) is 18.1 Å². The molecule has 0 heterocycles. The fourth-order valence-electron chi connectivity index (χ4n) is 2.64. The third-order valence-corrected chi connectivity index (χ3v) is 4.90. The van der Waals surface area contributed by atoms with Gasteiger partial charge in [0.2, 0.25) is 0 Å². The normalized spacial score (nSPS) is 21.0. The molecule has 1 aliphatic carbocycles. The summed E-state index contributed by atoms with van der Waals surface area (Å²) in [6.45, 7) is 1.82. The predicted octanol–water partition coefficient (Wildman–Crippen LogP) is 3.10. The number of amides is 2. The maximum absolute atomic E-state index is 12.1. The molecule has 0 radical (unpaired) electrons. The van der Waals surface area contributed by atoms with Gasteiger partial charge in [0, 0.05) is 11.3 Å². The van der Waals surface area contributed by atoms with Crippen molar-refractivity contribution < 1.29 is 14.7 Å². The number of anilines is 1. The smallest absolute Gasteiger partial charge is 0.337 e. The van der Waals surface area contributed by atoms with Gasteiger partial charge in [-0.3, -0.25) is 0 Å². The van der Waals surface area contributed by atoms with Crippen LogP contribution in [0, 0.1) is 6.92 Å². The standard InChI is InChI=1S/C15H20N2O3S/c1-9-6-7-11(10(8-9)14(18)19)16-15(20)17-12-4-3-5-13(12)21-2/h6-8,12-13H,3-5H2,1-2H3,(H,18,19)(H2,16,17,20). The van der Waals surface area contributed by atoms with E-state index in [0.29, 0.717) is 10.9 Å². The number of aromatic carboxylic acids is 1. The Morgan fingerprint density at radius 1 is 1.33 bits per heavy atom. The molecule has 21 heavy (non-hydrogen) atoms. The number of carboxylic acids is 1. The van der Waals surface area contributed by atoms with E-state index >= 15 is 0 Å². The second-order valence-corrected chi connectivity index (χ2v) is 6.34. The van der Waals surface area contributed by atoms with Crippen LogP contribution >= 0.6 is 11.8 Å². The number of aryl methyl sites for hydroxylation is 1. The van der Waals surface area contributed by atoms with Crippen LogP contribution in [-0.4, -0.2) is 34.7 Å². The quantitative estimate of drug-likeness (QED) is 0.798. The van der Waals surface area contributed by atoms with Gasteiger partial charge in [0.05, 0.1) is 11.3 Å². The maximum atomic E-state index is 12.1. The molecule has 2 unspecified atom stereocenters. The minimum atomic E-state index is -1.04. The molecular formula is C15H20N2O3S. The van der Waals surface area contributed by atoms with E-state index in [1.54, 1.807) is 30.0 Å². The molecule has 1 aromatic carbocycles. The highest BCUT2D eigenvalue weighted by Gasteiger charge is 2.28. The molecule has 1 fully saturated rings. The summed E-state index contributed by atoms with van der Waals surface area (Å²) in [5.41, 5.74) is 1.28. The fraction of sp³-hybridized carbons (Fsp3) is 0.467. The van der Waals surface area contributed by atoms with E-state index in [0.717, 1.165) is 24.8 Å². The summed E-state index contributed by atoms with van der Waals surface area (Å²) in [7, 11) is 0. The second-order valence-electron chi connectivity index (χ2n) is 5.26. The highest BCUT2D eigenvalue weighted by atomic mass is 32.2. The third kappa shape index (κ3) is 3.91. The van der Waals surface area contributed by atoms with Crippen LogP contribution in [0.3, 0.4) is 0 Å². The van der Waals surface area contributed by atoms with Crippen molar-refractivity contribution >= 4 is 29.4 Å². The van der Waals surface area contributed by atoms with Crippen molar-refractivity contribution in [2.45, 2.75) is 37.5 Å². The highest BCUT2D eigenvalue weighted by Crippen LogP contribution is 2.28. The number of hydrogen-bond donors (Lipinski definition) is 3. The number of urea groups is 1. The third-order valence-electron chi connectivity index (χ3n) is 3.73. The van der Waals surface area contributed by atoms with Crippen molar-refractivity contribution in [2.75, 3.05) is 11.6 Å². The van der Waals surface area contributed by atoms with Gasteiger partial charge in [-0.25, -0.2) is 9.59 Å². The van der Waals surface area contributed by atoms with E-state index in [2.05, 4.69) is 10.6 Å². The van der Waals surface area contributed by atoms with Gasteiger partial charge in [-0.2, -0.15) is 11.8 Å². The lowest BCUT2D eigenvalue weighted by molar-refractivity contribution is 0.0698. The van der Waals surface area contributed by atoms with Crippen LogP contribution in [0.5, 0.6) is 0 Å². The van der Waals surface area contributed by atoms with Crippen LogP contribution in [-0.2, 0) is 0 Å². The average Bonchev–Trinajstić information content (AvgIpc) is 2.87. The molecule has 0 spiro atoms. The van der Waals surface area contributed by atoms with Crippen molar-refractivity contribution in [2.24, 2.45) is 0 Å². The van der Waals surface area contributed by atoms with Crippen LogP contribution in [0.25, 0.3) is 0 Å². The molecule has 1 aromatic rings. The van der Waals surface area contributed by atoms with Gasteiger partial charge >= 0.3 is 12.0 Å². The molecule has 5 nitrogen and oxygen atoms in total. The minimum Gasteiger partial charge on any atom is -0.478 e. The molecule has 0 bridgehead atoms. The number of rotatable bonds is 4. The molecule has 2 amide bonds. The molecule has 1 saturated carbocycles. The van der Waals surface area contributed by atoms with Crippen LogP contribution < -0.4 is 10.6 Å². The Labute approximate surface area is 128 Å². The second kappa shape index (κ2) is 6.85. The summed E-state index contributed by atoms with van der Waals surface area (Å²) in [6.07, 6.45) is 5.24. The largest absolute Gasteiger partial charge is 0.478 e. The molecule has 6 heteroatoms. The van der Waals surface area contributed by atoms with E-state index in [9.17, 15) is 14.7 Å². The van der Waals surface area contributed by atoms with Crippen LogP contribution in [0.4, 0.5) is 10.5 Å².